The van der Waals surface area contributed by atoms with Crippen molar-refractivity contribution >= 4 is 23.3 Å². The highest BCUT2D eigenvalue weighted by Crippen LogP contribution is 2.19. The molecule has 17 heavy (non-hydrogen) atoms. The van der Waals surface area contributed by atoms with Gasteiger partial charge in [0.15, 0.2) is 4.77 Å². The van der Waals surface area contributed by atoms with Gasteiger partial charge >= 0.3 is 0 Å². The average Bonchev–Trinajstić information content (AvgIpc) is 2.54. The molecule has 1 aromatic carbocycles. The summed E-state index contributed by atoms with van der Waals surface area (Å²) in [7, 11) is 0. The lowest BCUT2D eigenvalue weighted by Gasteiger charge is -2.16. The monoisotopic (exact) mass is 252 g/mol. The molecule has 0 spiro atoms. The van der Waals surface area contributed by atoms with E-state index >= 15 is 0 Å². The molecule has 1 unspecified atom stereocenters. The number of H-pyrrole nitrogens is 1. The Labute approximate surface area is 105 Å². The quantitative estimate of drug-likeness (QED) is 0.815. The molecule has 0 fully saturated rings. The first kappa shape index (κ1) is 12.3. The second kappa shape index (κ2) is 4.61. The third kappa shape index (κ3) is 2.41. The second-order valence-corrected chi connectivity index (χ2v) is 5.31. The Morgan fingerprint density at radius 2 is 2.06 bits per heavy atom. The first-order valence-corrected chi connectivity index (χ1v) is 6.28. The highest BCUT2D eigenvalue weighted by Gasteiger charge is 2.11. The zero-order valence-corrected chi connectivity index (χ0v) is 11.1. The highest BCUT2D eigenvalue weighted by molar-refractivity contribution is 7.71. The summed E-state index contributed by atoms with van der Waals surface area (Å²) in [5.74, 6) is 0.894. The maximum absolute atomic E-state index is 13.1. The number of halogens is 1. The highest BCUT2D eigenvalue weighted by atomic mass is 32.1. The topological polar surface area (TPSA) is 20.7 Å². The van der Waals surface area contributed by atoms with Gasteiger partial charge in [0.05, 0.1) is 11.0 Å². The van der Waals surface area contributed by atoms with Gasteiger partial charge in [-0.25, -0.2) is 4.39 Å². The molecule has 1 atom stereocenters. The van der Waals surface area contributed by atoms with Crippen LogP contribution in [0.3, 0.4) is 0 Å². The van der Waals surface area contributed by atoms with E-state index in [2.05, 4.69) is 30.3 Å². The maximum Gasteiger partial charge on any atom is 0.178 e. The molecular weight excluding hydrogens is 235 g/mol. The van der Waals surface area contributed by atoms with Crippen LogP contribution in [0.2, 0.25) is 0 Å². The van der Waals surface area contributed by atoms with Crippen LogP contribution in [-0.2, 0) is 6.54 Å². The number of hydrogen-bond donors (Lipinski definition) is 1. The van der Waals surface area contributed by atoms with Crippen molar-refractivity contribution < 1.29 is 4.39 Å². The zero-order chi connectivity index (χ0) is 12.6. The summed E-state index contributed by atoms with van der Waals surface area (Å²) in [6, 6.07) is 4.74. The third-order valence-corrected chi connectivity index (χ3v) is 3.67. The first-order chi connectivity index (χ1) is 7.99. The summed E-state index contributed by atoms with van der Waals surface area (Å²) in [5.41, 5.74) is 1.75. The van der Waals surface area contributed by atoms with E-state index in [-0.39, 0.29) is 5.82 Å². The fourth-order valence-electron chi connectivity index (χ4n) is 1.82. The Hall–Kier alpha value is -1.16. The second-order valence-electron chi connectivity index (χ2n) is 4.92. The van der Waals surface area contributed by atoms with Crippen molar-refractivity contribution in [2.75, 3.05) is 0 Å². The Kier molecular flexibility index (Phi) is 3.33. The van der Waals surface area contributed by atoms with E-state index in [9.17, 15) is 4.39 Å². The van der Waals surface area contributed by atoms with E-state index < -0.39 is 0 Å². The predicted octanol–water partition coefficient (Wildman–Crippen LogP) is 4.13. The van der Waals surface area contributed by atoms with Crippen molar-refractivity contribution in [3.8, 4) is 0 Å². The molecule has 92 valence electrons. The van der Waals surface area contributed by atoms with E-state index in [1.54, 1.807) is 6.07 Å². The SMILES string of the molecule is CC(C)C(C)Cn1c(=S)[nH]c2cc(F)ccc21. The standard InChI is InChI=1S/C13H17FN2S/c1-8(2)9(3)7-16-12-5-4-10(14)6-11(12)15-13(16)17/h4-6,8-9H,7H2,1-3H3,(H,15,17). The molecule has 0 amide bonds. The maximum atomic E-state index is 13.1. The summed E-state index contributed by atoms with van der Waals surface area (Å²) < 4.78 is 15.8. The van der Waals surface area contributed by atoms with E-state index in [1.165, 1.54) is 12.1 Å². The Morgan fingerprint density at radius 3 is 2.71 bits per heavy atom. The molecule has 1 aromatic heterocycles. The molecule has 0 saturated carbocycles. The van der Waals surface area contributed by atoms with Crippen molar-refractivity contribution in [3.63, 3.8) is 0 Å². The molecule has 2 rings (SSSR count). The van der Waals surface area contributed by atoms with Crippen molar-refractivity contribution in [1.82, 2.24) is 9.55 Å². The molecule has 0 saturated heterocycles. The van der Waals surface area contributed by atoms with Crippen LogP contribution < -0.4 is 0 Å². The lowest BCUT2D eigenvalue weighted by atomic mass is 9.98. The number of rotatable bonds is 3. The van der Waals surface area contributed by atoms with Gasteiger partial charge in [-0.15, -0.1) is 0 Å². The van der Waals surface area contributed by atoms with Crippen molar-refractivity contribution in [3.05, 3.63) is 28.8 Å². The van der Waals surface area contributed by atoms with Gasteiger partial charge in [-0.3, -0.25) is 0 Å². The van der Waals surface area contributed by atoms with Crippen molar-refractivity contribution in [1.29, 1.82) is 0 Å². The van der Waals surface area contributed by atoms with Gasteiger partial charge in [0, 0.05) is 6.54 Å². The van der Waals surface area contributed by atoms with Crippen LogP contribution in [-0.4, -0.2) is 9.55 Å². The number of fused-ring (bicyclic) bond motifs is 1. The van der Waals surface area contributed by atoms with E-state index in [0.29, 0.717) is 16.6 Å². The number of nitrogens with zero attached hydrogens (tertiary/aromatic N) is 1. The summed E-state index contributed by atoms with van der Waals surface area (Å²) in [4.78, 5) is 3.05. The van der Waals surface area contributed by atoms with Crippen LogP contribution in [0.4, 0.5) is 4.39 Å². The number of aromatic nitrogens is 2. The van der Waals surface area contributed by atoms with Gasteiger partial charge in [-0.1, -0.05) is 20.8 Å². The molecule has 2 nitrogen and oxygen atoms in total. The minimum Gasteiger partial charge on any atom is -0.330 e. The molecule has 0 bridgehead atoms. The Bertz CT molecular complexity index is 583. The third-order valence-electron chi connectivity index (χ3n) is 3.34. The minimum absolute atomic E-state index is 0.238. The van der Waals surface area contributed by atoms with E-state index in [0.717, 1.165) is 17.6 Å². The van der Waals surface area contributed by atoms with Gasteiger partial charge in [0.25, 0.3) is 0 Å². The lowest BCUT2D eigenvalue weighted by molar-refractivity contribution is 0.367. The van der Waals surface area contributed by atoms with Crippen LogP contribution in [0.15, 0.2) is 18.2 Å². The molecule has 0 radical (unpaired) electrons. The van der Waals surface area contributed by atoms with Crippen LogP contribution in [0, 0.1) is 22.4 Å². The smallest absolute Gasteiger partial charge is 0.178 e. The molecule has 0 aliphatic heterocycles. The van der Waals surface area contributed by atoms with Crippen molar-refractivity contribution in [2.45, 2.75) is 27.3 Å². The number of imidazole rings is 1. The Balaban J connectivity index is 2.47. The molecule has 1 heterocycles. The van der Waals surface area contributed by atoms with E-state index in [4.69, 9.17) is 12.2 Å². The van der Waals surface area contributed by atoms with Gasteiger partial charge in [0.1, 0.15) is 5.82 Å². The summed E-state index contributed by atoms with van der Waals surface area (Å²) >= 11 is 5.29. The lowest BCUT2D eigenvalue weighted by Crippen LogP contribution is -2.13. The zero-order valence-electron chi connectivity index (χ0n) is 10.3. The largest absolute Gasteiger partial charge is 0.330 e. The minimum atomic E-state index is -0.238. The molecule has 4 heteroatoms. The Morgan fingerprint density at radius 1 is 1.35 bits per heavy atom. The van der Waals surface area contributed by atoms with Gasteiger partial charge < -0.3 is 9.55 Å². The van der Waals surface area contributed by atoms with Crippen LogP contribution in [0.5, 0.6) is 0 Å². The molecular formula is C13H17FN2S. The number of aromatic amines is 1. The van der Waals surface area contributed by atoms with Crippen LogP contribution in [0.1, 0.15) is 20.8 Å². The molecule has 1 N–H and O–H groups in total. The van der Waals surface area contributed by atoms with Gasteiger partial charge in [-0.2, -0.15) is 0 Å². The normalized spacial score (nSPS) is 13.5. The number of hydrogen-bond acceptors (Lipinski definition) is 1. The van der Waals surface area contributed by atoms with Crippen molar-refractivity contribution in [2.24, 2.45) is 11.8 Å². The van der Waals surface area contributed by atoms with Crippen LogP contribution >= 0.6 is 12.2 Å². The molecule has 2 aromatic rings. The summed E-state index contributed by atoms with van der Waals surface area (Å²) in [5, 5.41) is 0. The summed E-state index contributed by atoms with van der Waals surface area (Å²) in [6.45, 7) is 7.46. The van der Waals surface area contributed by atoms with Gasteiger partial charge in [0.2, 0.25) is 0 Å². The average molecular weight is 252 g/mol. The van der Waals surface area contributed by atoms with Crippen LogP contribution in [0.25, 0.3) is 11.0 Å². The molecule has 0 aliphatic carbocycles. The number of nitrogens with one attached hydrogen (secondary N) is 1. The molecule has 0 aliphatic rings. The first-order valence-electron chi connectivity index (χ1n) is 5.87. The summed E-state index contributed by atoms with van der Waals surface area (Å²) in [6.07, 6.45) is 0. The number of benzene rings is 1. The predicted molar refractivity (Wildman–Crippen MR) is 71.1 cm³/mol. The van der Waals surface area contributed by atoms with E-state index in [1.807, 2.05) is 0 Å². The fraction of sp³-hybridized carbons (Fsp3) is 0.462. The fourth-order valence-corrected chi connectivity index (χ4v) is 2.10. The van der Waals surface area contributed by atoms with Gasteiger partial charge in [-0.05, 0) is 42.3 Å².